The van der Waals surface area contributed by atoms with Gasteiger partial charge in [-0.25, -0.2) is 9.97 Å². The van der Waals surface area contributed by atoms with E-state index in [0.717, 1.165) is 16.9 Å². The molecule has 0 saturated heterocycles. The summed E-state index contributed by atoms with van der Waals surface area (Å²) in [6, 6.07) is 1.81. The predicted molar refractivity (Wildman–Crippen MR) is 91.9 cm³/mol. The number of rotatable bonds is 4. The Morgan fingerprint density at radius 1 is 1.35 bits per heavy atom. The van der Waals surface area contributed by atoms with Gasteiger partial charge in [0.2, 0.25) is 0 Å². The SMILES string of the molecule is COc1cncc(-c2nc(SC)nc3sc(C(N)=O)c(N)c23)c1. The Bertz CT molecular complexity index is 910. The molecule has 0 fully saturated rings. The van der Waals surface area contributed by atoms with Gasteiger partial charge in [-0.15, -0.1) is 11.3 Å². The molecule has 0 bridgehead atoms. The summed E-state index contributed by atoms with van der Waals surface area (Å²) in [5.74, 6) is 0.0230. The van der Waals surface area contributed by atoms with E-state index in [4.69, 9.17) is 16.2 Å². The highest BCUT2D eigenvalue weighted by molar-refractivity contribution is 7.98. The number of ether oxygens (including phenoxy) is 1. The molecule has 3 aromatic rings. The normalized spacial score (nSPS) is 10.9. The number of pyridine rings is 1. The Balaban J connectivity index is 2.35. The average molecular weight is 347 g/mol. The number of hydrogen-bond donors (Lipinski definition) is 2. The van der Waals surface area contributed by atoms with Crippen molar-refractivity contribution in [3.8, 4) is 17.0 Å². The lowest BCUT2D eigenvalue weighted by molar-refractivity contribution is 0.100. The van der Waals surface area contributed by atoms with Crippen molar-refractivity contribution in [2.75, 3.05) is 19.1 Å². The van der Waals surface area contributed by atoms with Crippen LogP contribution in [0.15, 0.2) is 23.6 Å². The van der Waals surface area contributed by atoms with Crippen LogP contribution in [-0.2, 0) is 0 Å². The molecule has 0 aliphatic rings. The number of amides is 1. The number of aromatic nitrogens is 3. The van der Waals surface area contributed by atoms with Crippen LogP contribution in [0.2, 0.25) is 0 Å². The highest BCUT2D eigenvalue weighted by Gasteiger charge is 2.21. The molecule has 0 saturated carbocycles. The first-order valence-electron chi connectivity index (χ1n) is 6.48. The molecule has 9 heteroatoms. The van der Waals surface area contributed by atoms with Gasteiger partial charge < -0.3 is 16.2 Å². The molecule has 118 valence electrons. The number of methoxy groups -OCH3 is 1. The van der Waals surface area contributed by atoms with Crippen molar-refractivity contribution in [3.05, 3.63) is 23.3 Å². The van der Waals surface area contributed by atoms with Crippen LogP contribution in [0, 0.1) is 0 Å². The van der Waals surface area contributed by atoms with Crippen molar-refractivity contribution >= 4 is 44.9 Å². The summed E-state index contributed by atoms with van der Waals surface area (Å²) < 4.78 is 5.20. The Morgan fingerprint density at radius 2 is 2.13 bits per heavy atom. The number of hydrogen-bond acceptors (Lipinski definition) is 8. The van der Waals surface area contributed by atoms with Crippen LogP contribution < -0.4 is 16.2 Å². The lowest BCUT2D eigenvalue weighted by atomic mass is 10.1. The molecule has 0 aliphatic heterocycles. The molecule has 0 aromatic carbocycles. The van der Waals surface area contributed by atoms with Crippen molar-refractivity contribution in [2.24, 2.45) is 5.73 Å². The van der Waals surface area contributed by atoms with Crippen LogP contribution in [0.1, 0.15) is 9.67 Å². The fourth-order valence-electron chi connectivity index (χ4n) is 2.15. The number of primary amides is 1. The van der Waals surface area contributed by atoms with Gasteiger partial charge in [0, 0.05) is 11.8 Å². The summed E-state index contributed by atoms with van der Waals surface area (Å²) in [7, 11) is 1.56. The largest absolute Gasteiger partial charge is 0.495 e. The number of nitrogen functional groups attached to an aromatic ring is 1. The molecular formula is C14H13N5O2S2. The minimum atomic E-state index is -0.578. The lowest BCUT2D eigenvalue weighted by Gasteiger charge is -2.07. The maximum absolute atomic E-state index is 11.6. The molecule has 4 N–H and O–H groups in total. The van der Waals surface area contributed by atoms with Crippen LogP contribution in [-0.4, -0.2) is 34.2 Å². The van der Waals surface area contributed by atoms with Crippen molar-refractivity contribution in [1.82, 2.24) is 15.0 Å². The lowest BCUT2D eigenvalue weighted by Crippen LogP contribution is -2.10. The number of nitrogens with zero attached hydrogens (tertiary/aromatic N) is 3. The minimum absolute atomic E-state index is 0.282. The van der Waals surface area contributed by atoms with Gasteiger partial charge in [0.25, 0.3) is 5.91 Å². The standard InChI is InChI=1S/C14H13N5O2S2/c1-21-7-3-6(4-17-5-7)10-8-9(15)11(12(16)20)23-13(8)19-14(18-10)22-2/h3-5H,15H2,1-2H3,(H2,16,20). The van der Waals surface area contributed by atoms with Gasteiger partial charge in [-0.05, 0) is 12.3 Å². The molecule has 3 aromatic heterocycles. The van der Waals surface area contributed by atoms with E-state index >= 15 is 0 Å². The van der Waals surface area contributed by atoms with Crippen LogP contribution in [0.3, 0.4) is 0 Å². The second-order valence-electron chi connectivity index (χ2n) is 4.56. The molecule has 0 unspecified atom stereocenters. The fraction of sp³-hybridized carbons (Fsp3) is 0.143. The average Bonchev–Trinajstić information content (AvgIpc) is 2.91. The summed E-state index contributed by atoms with van der Waals surface area (Å²) in [6.45, 7) is 0. The molecule has 1 amide bonds. The number of thioether (sulfide) groups is 1. The number of carbonyl (C=O) groups is 1. The Labute approximate surface area is 140 Å². The van der Waals surface area contributed by atoms with Gasteiger partial charge in [-0.3, -0.25) is 9.78 Å². The first-order chi connectivity index (χ1) is 11.0. The van der Waals surface area contributed by atoms with Gasteiger partial charge in [0.15, 0.2) is 5.16 Å². The number of anilines is 1. The highest BCUT2D eigenvalue weighted by atomic mass is 32.2. The summed E-state index contributed by atoms with van der Waals surface area (Å²) in [5.41, 5.74) is 13.1. The minimum Gasteiger partial charge on any atom is -0.495 e. The topological polar surface area (TPSA) is 117 Å². The van der Waals surface area contributed by atoms with E-state index in [1.54, 1.807) is 25.6 Å². The second kappa shape index (κ2) is 6.01. The first kappa shape index (κ1) is 15.5. The van der Waals surface area contributed by atoms with Crippen LogP contribution >= 0.6 is 23.1 Å². The van der Waals surface area contributed by atoms with E-state index in [2.05, 4.69) is 15.0 Å². The third-order valence-corrected chi connectivity index (χ3v) is 4.86. The molecule has 7 nitrogen and oxygen atoms in total. The van der Waals surface area contributed by atoms with E-state index in [1.807, 2.05) is 6.26 Å². The molecule has 23 heavy (non-hydrogen) atoms. The monoisotopic (exact) mass is 347 g/mol. The van der Waals surface area contributed by atoms with Crippen LogP contribution in [0.5, 0.6) is 5.75 Å². The maximum Gasteiger partial charge on any atom is 0.260 e. The summed E-state index contributed by atoms with van der Waals surface area (Å²) in [5, 5.41) is 1.18. The zero-order chi connectivity index (χ0) is 16.6. The number of nitrogens with two attached hydrogens (primary N) is 2. The summed E-state index contributed by atoms with van der Waals surface area (Å²) >= 11 is 2.57. The van der Waals surface area contributed by atoms with Gasteiger partial charge in [0.05, 0.1) is 30.1 Å². The van der Waals surface area contributed by atoms with Gasteiger partial charge in [0.1, 0.15) is 15.5 Å². The van der Waals surface area contributed by atoms with Gasteiger partial charge >= 0.3 is 0 Å². The Morgan fingerprint density at radius 3 is 2.78 bits per heavy atom. The molecule has 3 heterocycles. The van der Waals surface area contributed by atoms with Crippen molar-refractivity contribution in [1.29, 1.82) is 0 Å². The second-order valence-corrected chi connectivity index (χ2v) is 6.33. The maximum atomic E-state index is 11.6. The third-order valence-electron chi connectivity index (χ3n) is 3.20. The molecule has 0 aliphatic carbocycles. The van der Waals surface area contributed by atoms with Crippen LogP contribution in [0.4, 0.5) is 5.69 Å². The van der Waals surface area contributed by atoms with E-state index in [-0.39, 0.29) is 4.88 Å². The zero-order valence-electron chi connectivity index (χ0n) is 12.4. The highest BCUT2D eigenvalue weighted by Crippen LogP contribution is 2.39. The Kier molecular flexibility index (Phi) is 4.05. The summed E-state index contributed by atoms with van der Waals surface area (Å²) in [4.78, 5) is 25.6. The van der Waals surface area contributed by atoms with Crippen molar-refractivity contribution < 1.29 is 9.53 Å². The number of carbonyl (C=O) groups excluding carboxylic acids is 1. The quantitative estimate of drug-likeness (QED) is 0.548. The van der Waals surface area contributed by atoms with Crippen molar-refractivity contribution in [3.63, 3.8) is 0 Å². The van der Waals surface area contributed by atoms with E-state index < -0.39 is 5.91 Å². The van der Waals surface area contributed by atoms with E-state index in [1.165, 1.54) is 11.8 Å². The molecule has 3 rings (SSSR count). The third kappa shape index (κ3) is 2.68. The molecule has 0 spiro atoms. The molecule has 0 atom stereocenters. The molecular weight excluding hydrogens is 334 g/mol. The van der Waals surface area contributed by atoms with Gasteiger partial charge in [-0.2, -0.15) is 0 Å². The smallest absolute Gasteiger partial charge is 0.260 e. The van der Waals surface area contributed by atoms with E-state index in [9.17, 15) is 4.79 Å². The van der Waals surface area contributed by atoms with Gasteiger partial charge in [-0.1, -0.05) is 11.8 Å². The first-order valence-corrected chi connectivity index (χ1v) is 8.52. The van der Waals surface area contributed by atoms with Crippen molar-refractivity contribution in [2.45, 2.75) is 5.16 Å². The predicted octanol–water partition coefficient (Wildman–Crippen LogP) is 2.16. The number of fused-ring (bicyclic) bond motifs is 1. The molecule has 0 radical (unpaired) electrons. The fourth-order valence-corrected chi connectivity index (χ4v) is 3.52. The van der Waals surface area contributed by atoms with Crippen LogP contribution in [0.25, 0.3) is 21.5 Å². The Hall–Kier alpha value is -2.39. The van der Waals surface area contributed by atoms with E-state index in [0.29, 0.717) is 32.5 Å². The summed E-state index contributed by atoms with van der Waals surface area (Å²) in [6.07, 6.45) is 5.14. The number of thiophene rings is 1. The zero-order valence-corrected chi connectivity index (χ0v) is 14.0.